The van der Waals surface area contributed by atoms with Crippen LogP contribution in [0.4, 0.5) is 4.39 Å². The van der Waals surface area contributed by atoms with E-state index in [-0.39, 0.29) is 17.6 Å². The molecule has 0 spiro atoms. The quantitative estimate of drug-likeness (QED) is 0.712. The average Bonchev–Trinajstić information content (AvgIpc) is 3.34. The molecule has 1 aliphatic heterocycles. The summed E-state index contributed by atoms with van der Waals surface area (Å²) in [4.78, 5) is 14.2. The van der Waals surface area contributed by atoms with Gasteiger partial charge in [-0.3, -0.25) is 4.79 Å². The van der Waals surface area contributed by atoms with Crippen LogP contribution in [0, 0.1) is 5.82 Å². The highest BCUT2D eigenvalue weighted by Crippen LogP contribution is 2.30. The van der Waals surface area contributed by atoms with Gasteiger partial charge >= 0.3 is 0 Å². The van der Waals surface area contributed by atoms with Crippen molar-refractivity contribution in [2.45, 2.75) is 18.8 Å². The third-order valence-electron chi connectivity index (χ3n) is 4.43. The van der Waals surface area contributed by atoms with E-state index in [4.69, 9.17) is 4.42 Å². The van der Waals surface area contributed by atoms with Crippen molar-refractivity contribution in [2.24, 2.45) is 0 Å². The van der Waals surface area contributed by atoms with Gasteiger partial charge in [0.2, 0.25) is 11.8 Å². The summed E-state index contributed by atoms with van der Waals surface area (Å²) in [6, 6.07) is 7.83. The standard InChI is InChI=1S/C18H16FN3O2S/c19-15-3-1-12(2-4-15)16-20-21-17(24-16)13-5-8-22(9-6-13)18(23)14-7-10-25-11-14/h1-4,7,10-11,13H,5-6,8-9H2. The molecule has 3 heterocycles. The minimum atomic E-state index is -0.300. The van der Waals surface area contributed by atoms with Crippen molar-refractivity contribution in [1.29, 1.82) is 0 Å². The summed E-state index contributed by atoms with van der Waals surface area (Å²) in [7, 11) is 0. The summed E-state index contributed by atoms with van der Waals surface area (Å²) < 4.78 is 18.8. The Hall–Kier alpha value is -2.54. The molecule has 0 aliphatic carbocycles. The molecular weight excluding hydrogens is 341 g/mol. The van der Waals surface area contributed by atoms with Crippen molar-refractivity contribution in [3.8, 4) is 11.5 Å². The molecular formula is C18H16FN3O2S. The summed E-state index contributed by atoms with van der Waals surface area (Å²) in [6.07, 6.45) is 1.59. The number of hydrogen-bond acceptors (Lipinski definition) is 5. The minimum Gasteiger partial charge on any atom is -0.420 e. The molecule has 0 bridgehead atoms. The highest BCUT2D eigenvalue weighted by Gasteiger charge is 2.28. The average molecular weight is 357 g/mol. The molecule has 1 saturated heterocycles. The number of amides is 1. The molecule has 128 valence electrons. The van der Waals surface area contributed by atoms with Gasteiger partial charge in [-0.2, -0.15) is 11.3 Å². The maximum absolute atomic E-state index is 13.0. The number of thiophene rings is 1. The molecule has 1 fully saturated rings. The molecule has 2 aromatic heterocycles. The molecule has 1 aromatic carbocycles. The number of carbonyl (C=O) groups is 1. The normalized spacial score (nSPS) is 15.5. The third kappa shape index (κ3) is 3.32. The fraction of sp³-hybridized carbons (Fsp3) is 0.278. The Kier molecular flexibility index (Phi) is 4.31. The number of likely N-dealkylation sites (tertiary alicyclic amines) is 1. The zero-order valence-corrected chi connectivity index (χ0v) is 14.2. The molecule has 0 radical (unpaired) electrons. The van der Waals surface area contributed by atoms with Crippen LogP contribution in [-0.4, -0.2) is 34.1 Å². The Morgan fingerprint density at radius 3 is 2.60 bits per heavy atom. The van der Waals surface area contributed by atoms with E-state index in [0.29, 0.717) is 30.4 Å². The van der Waals surface area contributed by atoms with Crippen LogP contribution >= 0.6 is 11.3 Å². The van der Waals surface area contributed by atoms with E-state index in [1.165, 1.54) is 23.5 Å². The summed E-state index contributed by atoms with van der Waals surface area (Å²) in [5.74, 6) is 0.908. The molecule has 3 aromatic rings. The summed E-state index contributed by atoms with van der Waals surface area (Å²) >= 11 is 1.53. The number of rotatable bonds is 3. The monoisotopic (exact) mass is 357 g/mol. The summed E-state index contributed by atoms with van der Waals surface area (Å²) in [5.41, 5.74) is 1.45. The lowest BCUT2D eigenvalue weighted by atomic mass is 9.96. The highest BCUT2D eigenvalue weighted by atomic mass is 32.1. The van der Waals surface area contributed by atoms with Crippen LogP contribution in [0.5, 0.6) is 0 Å². The molecule has 0 atom stereocenters. The molecule has 7 heteroatoms. The number of nitrogens with zero attached hydrogens (tertiary/aromatic N) is 3. The number of benzene rings is 1. The van der Waals surface area contributed by atoms with Gasteiger partial charge in [0.1, 0.15) is 5.82 Å². The van der Waals surface area contributed by atoms with E-state index < -0.39 is 0 Å². The van der Waals surface area contributed by atoms with Crippen LogP contribution in [0.25, 0.3) is 11.5 Å². The van der Waals surface area contributed by atoms with Crippen LogP contribution in [-0.2, 0) is 0 Å². The van der Waals surface area contributed by atoms with Crippen molar-refractivity contribution in [2.75, 3.05) is 13.1 Å². The van der Waals surface area contributed by atoms with E-state index in [2.05, 4.69) is 10.2 Å². The Morgan fingerprint density at radius 2 is 1.92 bits per heavy atom. The molecule has 0 N–H and O–H groups in total. The summed E-state index contributed by atoms with van der Waals surface area (Å²) in [5, 5.41) is 12.0. The zero-order valence-electron chi connectivity index (χ0n) is 13.4. The van der Waals surface area contributed by atoms with E-state index in [0.717, 1.165) is 18.4 Å². The van der Waals surface area contributed by atoms with Crippen molar-refractivity contribution >= 4 is 17.2 Å². The van der Waals surface area contributed by atoms with Crippen molar-refractivity contribution < 1.29 is 13.6 Å². The van der Waals surface area contributed by atoms with E-state index in [1.807, 2.05) is 21.7 Å². The first-order valence-electron chi connectivity index (χ1n) is 8.11. The van der Waals surface area contributed by atoms with Gasteiger partial charge < -0.3 is 9.32 Å². The van der Waals surface area contributed by atoms with Gasteiger partial charge in [0, 0.05) is 30.0 Å². The molecule has 0 saturated carbocycles. The fourth-order valence-electron chi connectivity index (χ4n) is 3.01. The second-order valence-electron chi connectivity index (χ2n) is 6.03. The maximum atomic E-state index is 13.0. The predicted octanol–water partition coefficient (Wildman–Crippen LogP) is 3.96. The number of piperidine rings is 1. The van der Waals surface area contributed by atoms with Crippen LogP contribution in [0.1, 0.15) is 35.0 Å². The zero-order chi connectivity index (χ0) is 17.2. The first kappa shape index (κ1) is 16.0. The van der Waals surface area contributed by atoms with Gasteiger partial charge in [0.05, 0.1) is 5.56 Å². The number of aromatic nitrogens is 2. The van der Waals surface area contributed by atoms with E-state index >= 15 is 0 Å². The predicted molar refractivity (Wildman–Crippen MR) is 91.9 cm³/mol. The molecule has 1 aliphatic rings. The Morgan fingerprint density at radius 1 is 1.16 bits per heavy atom. The van der Waals surface area contributed by atoms with Crippen LogP contribution in [0.3, 0.4) is 0 Å². The first-order chi connectivity index (χ1) is 12.2. The number of halogens is 1. The van der Waals surface area contributed by atoms with Gasteiger partial charge in [0.15, 0.2) is 0 Å². The minimum absolute atomic E-state index is 0.0808. The lowest BCUT2D eigenvalue weighted by Gasteiger charge is -2.30. The summed E-state index contributed by atoms with van der Waals surface area (Å²) in [6.45, 7) is 1.35. The second kappa shape index (κ2) is 6.76. The van der Waals surface area contributed by atoms with Crippen molar-refractivity contribution in [3.63, 3.8) is 0 Å². The Bertz CT molecular complexity index is 853. The van der Waals surface area contributed by atoms with Crippen LogP contribution in [0.15, 0.2) is 45.5 Å². The third-order valence-corrected chi connectivity index (χ3v) is 5.11. The van der Waals surface area contributed by atoms with Gasteiger partial charge in [-0.1, -0.05) is 0 Å². The fourth-order valence-corrected chi connectivity index (χ4v) is 3.64. The molecule has 25 heavy (non-hydrogen) atoms. The Balaban J connectivity index is 1.41. The lowest BCUT2D eigenvalue weighted by Crippen LogP contribution is -2.37. The Labute approximate surface area is 148 Å². The van der Waals surface area contributed by atoms with Crippen LogP contribution in [0.2, 0.25) is 0 Å². The maximum Gasteiger partial charge on any atom is 0.254 e. The largest absolute Gasteiger partial charge is 0.420 e. The van der Waals surface area contributed by atoms with Gasteiger partial charge in [0.25, 0.3) is 5.91 Å². The number of carbonyl (C=O) groups excluding carboxylic acids is 1. The van der Waals surface area contributed by atoms with E-state index in [1.54, 1.807) is 12.1 Å². The second-order valence-corrected chi connectivity index (χ2v) is 6.81. The molecule has 1 amide bonds. The van der Waals surface area contributed by atoms with Crippen LogP contribution < -0.4 is 0 Å². The highest BCUT2D eigenvalue weighted by molar-refractivity contribution is 7.08. The molecule has 5 nitrogen and oxygen atoms in total. The van der Waals surface area contributed by atoms with Crippen molar-refractivity contribution in [1.82, 2.24) is 15.1 Å². The lowest BCUT2D eigenvalue weighted by molar-refractivity contribution is 0.0707. The first-order valence-corrected chi connectivity index (χ1v) is 9.06. The molecule has 0 unspecified atom stereocenters. The SMILES string of the molecule is O=C(c1ccsc1)N1CCC(c2nnc(-c3ccc(F)cc3)o2)CC1. The topological polar surface area (TPSA) is 59.2 Å². The number of hydrogen-bond donors (Lipinski definition) is 0. The smallest absolute Gasteiger partial charge is 0.254 e. The van der Waals surface area contributed by atoms with E-state index in [9.17, 15) is 9.18 Å². The van der Waals surface area contributed by atoms with Crippen molar-refractivity contribution in [3.05, 3.63) is 58.4 Å². The van der Waals surface area contributed by atoms with Gasteiger partial charge in [-0.15, -0.1) is 10.2 Å². The van der Waals surface area contributed by atoms with Gasteiger partial charge in [-0.05, 0) is 48.6 Å². The molecule has 4 rings (SSSR count). The van der Waals surface area contributed by atoms with Gasteiger partial charge in [-0.25, -0.2) is 4.39 Å².